The van der Waals surface area contributed by atoms with Crippen molar-refractivity contribution in [2.75, 3.05) is 29.7 Å². The third-order valence-corrected chi connectivity index (χ3v) is 5.12. The van der Waals surface area contributed by atoms with Crippen LogP contribution in [0.25, 0.3) is 0 Å². The van der Waals surface area contributed by atoms with Crippen LogP contribution in [0, 0.1) is 6.92 Å². The van der Waals surface area contributed by atoms with Crippen molar-refractivity contribution in [2.24, 2.45) is 0 Å². The Morgan fingerprint density at radius 3 is 2.45 bits per heavy atom. The minimum Gasteiger partial charge on any atom is -0.317 e. The Balaban J connectivity index is 2.71. The van der Waals surface area contributed by atoms with E-state index in [9.17, 15) is 8.42 Å². The maximum absolute atomic E-state index is 12.4. The van der Waals surface area contributed by atoms with Gasteiger partial charge in [-0.15, -0.1) is 0 Å². The van der Waals surface area contributed by atoms with Crippen LogP contribution < -0.4 is 9.62 Å². The van der Waals surface area contributed by atoms with Gasteiger partial charge in [-0.3, -0.25) is 4.31 Å². The Morgan fingerprint density at radius 1 is 1.15 bits per heavy atom. The average Bonchev–Trinajstić information content (AvgIpc) is 2.41. The molecule has 4 nitrogen and oxygen atoms in total. The van der Waals surface area contributed by atoms with E-state index in [1.165, 1.54) is 4.31 Å². The monoisotopic (exact) mass is 298 g/mol. The largest absolute Gasteiger partial charge is 0.317 e. The van der Waals surface area contributed by atoms with Crippen molar-refractivity contribution < 1.29 is 8.42 Å². The molecule has 1 aromatic carbocycles. The molecule has 0 fully saturated rings. The number of anilines is 1. The molecule has 0 heterocycles. The Bertz CT molecular complexity index is 500. The minimum absolute atomic E-state index is 0.186. The van der Waals surface area contributed by atoms with Crippen LogP contribution in [0.3, 0.4) is 0 Å². The normalized spacial score (nSPS) is 11.6. The molecule has 1 aromatic rings. The summed E-state index contributed by atoms with van der Waals surface area (Å²) >= 11 is 0. The molecular weight excluding hydrogens is 272 g/mol. The van der Waals surface area contributed by atoms with Gasteiger partial charge in [0.1, 0.15) is 0 Å². The van der Waals surface area contributed by atoms with Gasteiger partial charge in [-0.1, -0.05) is 25.1 Å². The number of hydrogen-bond acceptors (Lipinski definition) is 3. The molecule has 0 atom stereocenters. The van der Waals surface area contributed by atoms with Crippen LogP contribution in [0.5, 0.6) is 0 Å². The summed E-state index contributed by atoms with van der Waals surface area (Å²) in [4.78, 5) is 0. The number of sulfonamides is 1. The van der Waals surface area contributed by atoms with Gasteiger partial charge in [0.05, 0.1) is 11.4 Å². The Kier molecular flexibility index (Phi) is 7.02. The number of hydrogen-bond donors (Lipinski definition) is 1. The summed E-state index contributed by atoms with van der Waals surface area (Å²) in [6.07, 6.45) is 1.71. The highest BCUT2D eigenvalue weighted by Gasteiger charge is 2.21. The molecule has 1 N–H and O–H groups in total. The Morgan fingerprint density at radius 2 is 1.85 bits per heavy atom. The van der Waals surface area contributed by atoms with Gasteiger partial charge in [0.2, 0.25) is 10.0 Å². The fourth-order valence-electron chi connectivity index (χ4n) is 2.15. The van der Waals surface area contributed by atoms with Gasteiger partial charge in [0.25, 0.3) is 0 Å². The first-order valence-corrected chi connectivity index (χ1v) is 8.90. The lowest BCUT2D eigenvalue weighted by molar-refractivity contribution is 0.584. The first kappa shape index (κ1) is 17.0. The van der Waals surface area contributed by atoms with E-state index in [1.807, 2.05) is 38.1 Å². The highest BCUT2D eigenvalue weighted by molar-refractivity contribution is 7.92. The molecule has 0 bridgehead atoms. The predicted molar refractivity (Wildman–Crippen MR) is 85.8 cm³/mol. The summed E-state index contributed by atoms with van der Waals surface area (Å²) in [5.74, 6) is 0.186. The fraction of sp³-hybridized carbons (Fsp3) is 0.600. The van der Waals surface area contributed by atoms with Crippen molar-refractivity contribution in [3.05, 3.63) is 29.8 Å². The van der Waals surface area contributed by atoms with Crippen molar-refractivity contribution in [3.8, 4) is 0 Å². The summed E-state index contributed by atoms with van der Waals surface area (Å²) in [5.41, 5.74) is 1.78. The molecule has 0 radical (unpaired) electrons. The second-order valence-corrected chi connectivity index (χ2v) is 6.88. The van der Waals surface area contributed by atoms with Crippen molar-refractivity contribution in [3.63, 3.8) is 0 Å². The Labute approximate surface area is 123 Å². The minimum atomic E-state index is -3.24. The molecule has 0 saturated heterocycles. The number of nitrogens with zero attached hydrogens (tertiary/aromatic N) is 1. The molecule has 20 heavy (non-hydrogen) atoms. The molecule has 0 spiro atoms. The van der Waals surface area contributed by atoms with Gasteiger partial charge < -0.3 is 5.32 Å². The third-order valence-electron chi connectivity index (χ3n) is 3.19. The molecule has 0 unspecified atom stereocenters. The zero-order chi connectivity index (χ0) is 15.0. The van der Waals surface area contributed by atoms with E-state index in [2.05, 4.69) is 12.2 Å². The lowest BCUT2D eigenvalue weighted by Crippen LogP contribution is -2.34. The van der Waals surface area contributed by atoms with E-state index >= 15 is 0 Å². The number of para-hydroxylation sites is 1. The predicted octanol–water partition coefficient (Wildman–Crippen LogP) is 2.54. The molecule has 0 aromatic heterocycles. The first-order chi connectivity index (χ1) is 9.53. The zero-order valence-electron chi connectivity index (χ0n) is 12.7. The quantitative estimate of drug-likeness (QED) is 0.713. The van der Waals surface area contributed by atoms with Gasteiger partial charge in [-0.25, -0.2) is 8.42 Å². The van der Waals surface area contributed by atoms with Crippen LogP contribution >= 0.6 is 0 Å². The van der Waals surface area contributed by atoms with Crippen molar-refractivity contribution >= 4 is 15.7 Å². The first-order valence-electron chi connectivity index (χ1n) is 7.29. The summed E-state index contributed by atoms with van der Waals surface area (Å²) in [7, 11) is -3.24. The molecule has 114 valence electrons. The lowest BCUT2D eigenvalue weighted by Gasteiger charge is -2.24. The SMILES string of the molecule is CCCNCCCS(=O)(=O)N(CC)c1ccccc1C. The average molecular weight is 298 g/mol. The van der Waals surface area contributed by atoms with Crippen LogP contribution in [0.4, 0.5) is 5.69 Å². The van der Waals surface area contributed by atoms with E-state index in [1.54, 1.807) is 0 Å². The van der Waals surface area contributed by atoms with Crippen LogP contribution in [0.1, 0.15) is 32.3 Å². The molecule has 0 amide bonds. The second kappa shape index (κ2) is 8.27. The summed E-state index contributed by atoms with van der Waals surface area (Å²) in [5, 5.41) is 3.23. The number of nitrogens with one attached hydrogen (secondary N) is 1. The van der Waals surface area contributed by atoms with E-state index in [-0.39, 0.29) is 5.75 Å². The molecule has 1 rings (SSSR count). The molecule has 0 aliphatic rings. The number of rotatable bonds is 9. The highest BCUT2D eigenvalue weighted by Crippen LogP contribution is 2.22. The smallest absolute Gasteiger partial charge is 0.235 e. The maximum atomic E-state index is 12.4. The molecule has 0 aliphatic carbocycles. The lowest BCUT2D eigenvalue weighted by atomic mass is 10.2. The van der Waals surface area contributed by atoms with Crippen LogP contribution in [0.15, 0.2) is 24.3 Å². The van der Waals surface area contributed by atoms with Crippen LogP contribution in [0.2, 0.25) is 0 Å². The number of benzene rings is 1. The van der Waals surface area contributed by atoms with Crippen molar-refractivity contribution in [1.82, 2.24) is 5.32 Å². The zero-order valence-corrected chi connectivity index (χ0v) is 13.5. The van der Waals surface area contributed by atoms with Gasteiger partial charge in [-0.05, 0) is 51.4 Å². The number of aryl methyl sites for hydroxylation is 1. The van der Waals surface area contributed by atoms with E-state index in [4.69, 9.17) is 0 Å². The molecule has 0 saturated carbocycles. The van der Waals surface area contributed by atoms with E-state index in [0.29, 0.717) is 13.0 Å². The third kappa shape index (κ3) is 4.80. The summed E-state index contributed by atoms with van der Waals surface area (Å²) < 4.78 is 26.4. The fourth-order valence-corrected chi connectivity index (χ4v) is 3.78. The highest BCUT2D eigenvalue weighted by atomic mass is 32.2. The van der Waals surface area contributed by atoms with Gasteiger partial charge in [0.15, 0.2) is 0 Å². The summed E-state index contributed by atoms with van der Waals surface area (Å²) in [6.45, 7) is 8.07. The molecule has 0 aliphatic heterocycles. The van der Waals surface area contributed by atoms with E-state index < -0.39 is 10.0 Å². The van der Waals surface area contributed by atoms with E-state index in [0.717, 1.165) is 30.8 Å². The molecular formula is C15H26N2O2S. The van der Waals surface area contributed by atoms with Gasteiger partial charge in [0, 0.05) is 6.54 Å². The standard InChI is InChI=1S/C15H26N2O2S/c1-4-11-16-12-8-13-20(18,19)17(5-2)15-10-7-6-9-14(15)3/h6-7,9-10,16H,4-5,8,11-13H2,1-3H3. The second-order valence-electron chi connectivity index (χ2n) is 4.87. The molecule has 5 heteroatoms. The Hall–Kier alpha value is -1.07. The van der Waals surface area contributed by atoms with Gasteiger partial charge in [-0.2, -0.15) is 0 Å². The summed E-state index contributed by atoms with van der Waals surface area (Å²) in [6, 6.07) is 7.61. The topological polar surface area (TPSA) is 49.4 Å². The van der Waals surface area contributed by atoms with Crippen molar-refractivity contribution in [1.29, 1.82) is 0 Å². The van der Waals surface area contributed by atoms with Crippen molar-refractivity contribution in [2.45, 2.75) is 33.6 Å². The maximum Gasteiger partial charge on any atom is 0.235 e. The van der Waals surface area contributed by atoms with Crippen LogP contribution in [-0.4, -0.2) is 33.8 Å². The van der Waals surface area contributed by atoms with Gasteiger partial charge >= 0.3 is 0 Å². The van der Waals surface area contributed by atoms with Crippen LogP contribution in [-0.2, 0) is 10.0 Å².